The molecule has 1 aromatic rings. The second-order valence-electron chi connectivity index (χ2n) is 3.43. The summed E-state index contributed by atoms with van der Waals surface area (Å²) in [6.45, 7) is 0. The largest absolute Gasteiger partial charge is 0.480 e. The lowest BCUT2D eigenvalue weighted by molar-refractivity contribution is -0.143. The van der Waals surface area contributed by atoms with Gasteiger partial charge < -0.3 is 10.8 Å². The van der Waals surface area contributed by atoms with Gasteiger partial charge in [0.1, 0.15) is 5.54 Å². The van der Waals surface area contributed by atoms with E-state index in [0.29, 0.717) is 6.42 Å². The molecule has 0 heterocycles. The third kappa shape index (κ3) is 1.38. The summed E-state index contributed by atoms with van der Waals surface area (Å²) in [6, 6.07) is 7.48. The fourth-order valence-corrected chi connectivity index (χ4v) is 1.86. The predicted molar refractivity (Wildman–Crippen MR) is 55.5 cm³/mol. The number of hydrogen-bond acceptors (Lipinski definition) is 2. The summed E-state index contributed by atoms with van der Waals surface area (Å²) in [5.74, 6) is -0.933. The number of aliphatic carboxylic acids is 1. The first-order valence-corrected chi connectivity index (χ1v) is 4.25. The molecular formula is C10H12ClNO2. The van der Waals surface area contributed by atoms with Gasteiger partial charge in [0.05, 0.1) is 0 Å². The molecule has 0 fully saturated rings. The fourth-order valence-electron chi connectivity index (χ4n) is 1.86. The van der Waals surface area contributed by atoms with Crippen LogP contribution in [0.3, 0.4) is 0 Å². The Morgan fingerprint density at radius 3 is 2.71 bits per heavy atom. The van der Waals surface area contributed by atoms with Gasteiger partial charge in [-0.3, -0.25) is 0 Å². The van der Waals surface area contributed by atoms with Crippen molar-refractivity contribution in [2.45, 2.75) is 18.4 Å². The van der Waals surface area contributed by atoms with E-state index in [1.54, 1.807) is 6.07 Å². The third-order valence-electron chi connectivity index (χ3n) is 2.67. The van der Waals surface area contributed by atoms with Crippen LogP contribution in [0.5, 0.6) is 0 Å². The predicted octanol–water partition coefficient (Wildman–Crippen LogP) is 1.29. The van der Waals surface area contributed by atoms with Gasteiger partial charge in [-0.25, -0.2) is 4.79 Å². The second kappa shape index (κ2) is 3.59. The van der Waals surface area contributed by atoms with Gasteiger partial charge >= 0.3 is 5.97 Å². The van der Waals surface area contributed by atoms with Crippen molar-refractivity contribution in [3.8, 4) is 0 Å². The molecule has 0 spiro atoms. The SMILES string of the molecule is Cl.NC1(C(=O)O)CCc2ccccc21. The second-order valence-corrected chi connectivity index (χ2v) is 3.43. The Morgan fingerprint density at radius 2 is 2.07 bits per heavy atom. The van der Waals surface area contributed by atoms with E-state index in [9.17, 15) is 4.79 Å². The zero-order valence-electron chi connectivity index (χ0n) is 7.56. The van der Waals surface area contributed by atoms with Gasteiger partial charge in [-0.15, -0.1) is 12.4 Å². The van der Waals surface area contributed by atoms with Crippen molar-refractivity contribution in [1.82, 2.24) is 0 Å². The molecule has 2 rings (SSSR count). The smallest absolute Gasteiger partial charge is 0.328 e. The Morgan fingerprint density at radius 1 is 1.43 bits per heavy atom. The van der Waals surface area contributed by atoms with Crippen LogP contribution in [-0.4, -0.2) is 11.1 Å². The van der Waals surface area contributed by atoms with E-state index in [1.165, 1.54) is 0 Å². The molecule has 0 aromatic heterocycles. The summed E-state index contributed by atoms with van der Waals surface area (Å²) in [7, 11) is 0. The Bertz CT molecular complexity index is 367. The number of carboxylic acid groups (broad SMARTS) is 1. The molecule has 3 N–H and O–H groups in total. The maximum absolute atomic E-state index is 11.0. The van der Waals surface area contributed by atoms with E-state index in [-0.39, 0.29) is 12.4 Å². The molecule has 76 valence electrons. The first kappa shape index (κ1) is 11.0. The average Bonchev–Trinajstić information content (AvgIpc) is 2.47. The van der Waals surface area contributed by atoms with Crippen LogP contribution in [-0.2, 0) is 16.8 Å². The Labute approximate surface area is 88.3 Å². The zero-order valence-corrected chi connectivity index (χ0v) is 8.38. The quantitative estimate of drug-likeness (QED) is 0.739. The maximum Gasteiger partial charge on any atom is 0.328 e. The van der Waals surface area contributed by atoms with Crippen LogP contribution in [0.1, 0.15) is 17.5 Å². The summed E-state index contributed by atoms with van der Waals surface area (Å²) < 4.78 is 0. The number of halogens is 1. The highest BCUT2D eigenvalue weighted by molar-refractivity contribution is 5.85. The number of benzene rings is 1. The molecular weight excluding hydrogens is 202 g/mol. The molecule has 0 amide bonds. The third-order valence-corrected chi connectivity index (χ3v) is 2.67. The van der Waals surface area contributed by atoms with E-state index < -0.39 is 11.5 Å². The normalized spacial score (nSPS) is 23.8. The Balaban J connectivity index is 0.000000980. The summed E-state index contributed by atoms with van der Waals surface area (Å²) in [6.07, 6.45) is 1.26. The van der Waals surface area contributed by atoms with Gasteiger partial charge in [0.25, 0.3) is 0 Å². The van der Waals surface area contributed by atoms with E-state index in [0.717, 1.165) is 17.5 Å². The molecule has 4 heteroatoms. The first-order chi connectivity index (χ1) is 6.14. The summed E-state index contributed by atoms with van der Waals surface area (Å²) in [5.41, 5.74) is 6.49. The van der Waals surface area contributed by atoms with Gasteiger partial charge in [-0.2, -0.15) is 0 Å². The van der Waals surface area contributed by atoms with Gasteiger partial charge in [0.2, 0.25) is 0 Å². The van der Waals surface area contributed by atoms with Crippen molar-refractivity contribution in [2.24, 2.45) is 5.73 Å². The van der Waals surface area contributed by atoms with Crippen molar-refractivity contribution in [1.29, 1.82) is 0 Å². The van der Waals surface area contributed by atoms with Gasteiger partial charge in [-0.1, -0.05) is 24.3 Å². The van der Waals surface area contributed by atoms with Crippen LogP contribution in [0.2, 0.25) is 0 Å². The van der Waals surface area contributed by atoms with Crippen LogP contribution >= 0.6 is 12.4 Å². The standard InChI is InChI=1S/C10H11NO2.ClH/c11-10(9(12)13)6-5-7-3-1-2-4-8(7)10;/h1-4H,5-6,11H2,(H,12,13);1H. The molecule has 0 radical (unpaired) electrons. The average molecular weight is 214 g/mol. The van der Waals surface area contributed by atoms with E-state index >= 15 is 0 Å². The molecule has 1 aromatic carbocycles. The number of carbonyl (C=O) groups is 1. The molecule has 0 bridgehead atoms. The first-order valence-electron chi connectivity index (χ1n) is 4.25. The lowest BCUT2D eigenvalue weighted by Gasteiger charge is -2.19. The topological polar surface area (TPSA) is 63.3 Å². The molecule has 14 heavy (non-hydrogen) atoms. The highest BCUT2D eigenvalue weighted by Crippen LogP contribution is 2.34. The summed E-state index contributed by atoms with van der Waals surface area (Å²) in [4.78, 5) is 11.0. The monoisotopic (exact) mass is 213 g/mol. The minimum atomic E-state index is -1.16. The molecule has 1 aliphatic carbocycles. The molecule has 1 aliphatic rings. The highest BCUT2D eigenvalue weighted by atomic mass is 35.5. The fraction of sp³-hybridized carbons (Fsp3) is 0.300. The highest BCUT2D eigenvalue weighted by Gasteiger charge is 2.41. The van der Waals surface area contributed by atoms with Crippen LogP contribution < -0.4 is 5.73 Å². The van der Waals surface area contributed by atoms with Crippen molar-refractivity contribution in [3.63, 3.8) is 0 Å². The van der Waals surface area contributed by atoms with Crippen LogP contribution in [0.25, 0.3) is 0 Å². The van der Waals surface area contributed by atoms with Gasteiger partial charge in [0, 0.05) is 0 Å². The number of rotatable bonds is 1. The van der Waals surface area contributed by atoms with Crippen molar-refractivity contribution < 1.29 is 9.90 Å². The summed E-state index contributed by atoms with van der Waals surface area (Å²) >= 11 is 0. The summed E-state index contributed by atoms with van der Waals surface area (Å²) in [5, 5.41) is 8.99. The minimum Gasteiger partial charge on any atom is -0.480 e. The Kier molecular flexibility index (Phi) is 2.83. The molecule has 0 aliphatic heterocycles. The molecule has 0 saturated heterocycles. The molecule has 0 saturated carbocycles. The van der Waals surface area contributed by atoms with Gasteiger partial charge in [0.15, 0.2) is 0 Å². The lowest BCUT2D eigenvalue weighted by atomic mass is 9.93. The number of aryl methyl sites for hydroxylation is 1. The van der Waals surface area contributed by atoms with Gasteiger partial charge in [-0.05, 0) is 24.0 Å². The van der Waals surface area contributed by atoms with Crippen molar-refractivity contribution in [3.05, 3.63) is 35.4 Å². The number of fused-ring (bicyclic) bond motifs is 1. The maximum atomic E-state index is 11.0. The molecule has 1 unspecified atom stereocenters. The van der Waals surface area contributed by atoms with E-state index in [1.807, 2.05) is 18.2 Å². The van der Waals surface area contributed by atoms with Crippen molar-refractivity contribution >= 4 is 18.4 Å². The van der Waals surface area contributed by atoms with Crippen LogP contribution in [0.4, 0.5) is 0 Å². The number of carboxylic acids is 1. The van der Waals surface area contributed by atoms with Crippen LogP contribution in [0, 0.1) is 0 Å². The number of nitrogens with two attached hydrogens (primary N) is 1. The van der Waals surface area contributed by atoms with Crippen LogP contribution in [0.15, 0.2) is 24.3 Å². The van der Waals surface area contributed by atoms with Crippen molar-refractivity contribution in [2.75, 3.05) is 0 Å². The number of hydrogen-bond donors (Lipinski definition) is 2. The van der Waals surface area contributed by atoms with E-state index in [4.69, 9.17) is 10.8 Å². The molecule has 1 atom stereocenters. The Hall–Kier alpha value is -1.06. The lowest BCUT2D eigenvalue weighted by Crippen LogP contribution is -2.42. The van der Waals surface area contributed by atoms with E-state index in [2.05, 4.69) is 0 Å². The minimum absolute atomic E-state index is 0. The zero-order chi connectivity index (χ0) is 9.47. The molecule has 3 nitrogen and oxygen atoms in total.